The van der Waals surface area contributed by atoms with Crippen molar-refractivity contribution in [3.63, 3.8) is 0 Å². The third kappa shape index (κ3) is 3.30. The van der Waals surface area contributed by atoms with Crippen LogP contribution in [0.1, 0.15) is 15.9 Å². The predicted molar refractivity (Wildman–Crippen MR) is 67.3 cm³/mol. The Hall–Kier alpha value is -1.92. The summed E-state index contributed by atoms with van der Waals surface area (Å²) >= 11 is 0. The summed E-state index contributed by atoms with van der Waals surface area (Å²) in [7, 11) is 0. The van der Waals surface area contributed by atoms with Crippen LogP contribution >= 0.6 is 0 Å². The fourth-order valence-corrected chi connectivity index (χ4v) is 1.79. The van der Waals surface area contributed by atoms with Crippen molar-refractivity contribution in [3.05, 3.63) is 29.3 Å². The summed E-state index contributed by atoms with van der Waals surface area (Å²) in [5, 5.41) is 11.6. The number of carboxylic acids is 1. The van der Waals surface area contributed by atoms with Crippen molar-refractivity contribution in [2.45, 2.75) is 13.0 Å². The first-order valence-corrected chi connectivity index (χ1v) is 5.92. The van der Waals surface area contributed by atoms with E-state index < -0.39 is 12.1 Å². The standard InChI is InChI=1S/C13H15NO5/c1-8-2-3-9(6-10(8)13(16)17)14-12(15)11-7-18-4-5-19-11/h2-3,6,11H,4-5,7H2,1H3,(H,14,15)(H,16,17). The van der Waals surface area contributed by atoms with Gasteiger partial charge in [0, 0.05) is 5.69 Å². The van der Waals surface area contributed by atoms with Crippen LogP contribution in [-0.2, 0) is 14.3 Å². The number of carbonyl (C=O) groups is 2. The van der Waals surface area contributed by atoms with Gasteiger partial charge in [-0.05, 0) is 24.6 Å². The zero-order valence-electron chi connectivity index (χ0n) is 10.5. The molecule has 0 aliphatic carbocycles. The molecule has 0 bridgehead atoms. The molecule has 1 amide bonds. The third-order valence-corrected chi connectivity index (χ3v) is 2.84. The van der Waals surface area contributed by atoms with Gasteiger partial charge in [0.25, 0.3) is 5.91 Å². The van der Waals surface area contributed by atoms with Crippen molar-refractivity contribution in [2.24, 2.45) is 0 Å². The molecule has 1 saturated heterocycles. The molecule has 1 heterocycles. The minimum absolute atomic E-state index is 0.165. The molecule has 0 aromatic heterocycles. The first-order valence-electron chi connectivity index (χ1n) is 5.92. The number of amides is 1. The Labute approximate surface area is 110 Å². The van der Waals surface area contributed by atoms with Crippen LogP contribution in [0.25, 0.3) is 0 Å². The fraction of sp³-hybridized carbons (Fsp3) is 0.385. The predicted octanol–water partition coefficient (Wildman–Crippen LogP) is 1.05. The van der Waals surface area contributed by atoms with Crippen LogP contribution in [0, 0.1) is 6.92 Å². The summed E-state index contributed by atoms with van der Waals surface area (Å²) in [5.74, 6) is -1.36. The molecule has 0 spiro atoms. The molecule has 1 aliphatic heterocycles. The third-order valence-electron chi connectivity index (χ3n) is 2.84. The lowest BCUT2D eigenvalue weighted by Crippen LogP contribution is -2.39. The zero-order chi connectivity index (χ0) is 13.8. The number of benzene rings is 1. The van der Waals surface area contributed by atoms with Crippen LogP contribution in [0.5, 0.6) is 0 Å². The van der Waals surface area contributed by atoms with Gasteiger partial charge in [-0.1, -0.05) is 6.07 Å². The highest BCUT2D eigenvalue weighted by Crippen LogP contribution is 2.16. The molecule has 0 radical (unpaired) electrons. The van der Waals surface area contributed by atoms with Gasteiger partial charge in [0.15, 0.2) is 6.10 Å². The van der Waals surface area contributed by atoms with Gasteiger partial charge < -0.3 is 19.9 Å². The van der Waals surface area contributed by atoms with E-state index in [9.17, 15) is 9.59 Å². The number of carboxylic acid groups (broad SMARTS) is 1. The number of hydrogen-bond acceptors (Lipinski definition) is 4. The number of aryl methyl sites for hydroxylation is 1. The van der Waals surface area contributed by atoms with Crippen LogP contribution in [0.4, 0.5) is 5.69 Å². The van der Waals surface area contributed by atoms with E-state index in [4.69, 9.17) is 14.6 Å². The number of carbonyl (C=O) groups excluding carboxylic acids is 1. The van der Waals surface area contributed by atoms with Gasteiger partial charge in [0.2, 0.25) is 0 Å². The Morgan fingerprint density at radius 3 is 2.79 bits per heavy atom. The molecule has 1 aromatic carbocycles. The Bertz CT molecular complexity index is 494. The van der Waals surface area contributed by atoms with Gasteiger partial charge in [-0.2, -0.15) is 0 Å². The van der Waals surface area contributed by atoms with Gasteiger partial charge in [0.05, 0.1) is 25.4 Å². The van der Waals surface area contributed by atoms with Crippen LogP contribution in [0.2, 0.25) is 0 Å². The normalized spacial score (nSPS) is 18.9. The van der Waals surface area contributed by atoms with E-state index in [0.717, 1.165) is 0 Å². The summed E-state index contributed by atoms with van der Waals surface area (Å²) in [5.41, 5.74) is 1.24. The summed E-state index contributed by atoms with van der Waals surface area (Å²) in [6.45, 7) is 2.78. The van der Waals surface area contributed by atoms with Gasteiger partial charge in [-0.15, -0.1) is 0 Å². The van der Waals surface area contributed by atoms with E-state index in [-0.39, 0.29) is 18.1 Å². The van der Waals surface area contributed by atoms with E-state index in [1.807, 2.05) is 0 Å². The number of hydrogen-bond donors (Lipinski definition) is 2. The summed E-state index contributed by atoms with van der Waals surface area (Å²) in [6.07, 6.45) is -0.650. The second kappa shape index (κ2) is 5.81. The largest absolute Gasteiger partial charge is 0.478 e. The quantitative estimate of drug-likeness (QED) is 0.853. The molecule has 0 saturated carbocycles. The maximum absolute atomic E-state index is 11.9. The number of nitrogens with one attached hydrogen (secondary N) is 1. The lowest BCUT2D eigenvalue weighted by molar-refractivity contribution is -0.142. The van der Waals surface area contributed by atoms with Crippen LogP contribution < -0.4 is 5.32 Å². The molecule has 1 aliphatic rings. The first kappa shape index (κ1) is 13.5. The van der Waals surface area contributed by atoms with Crippen molar-refractivity contribution in [1.29, 1.82) is 0 Å². The van der Waals surface area contributed by atoms with Gasteiger partial charge in [-0.3, -0.25) is 4.79 Å². The van der Waals surface area contributed by atoms with E-state index in [0.29, 0.717) is 24.5 Å². The molecular formula is C13H15NO5. The molecular weight excluding hydrogens is 250 g/mol. The van der Waals surface area contributed by atoms with Gasteiger partial charge in [0.1, 0.15) is 0 Å². The van der Waals surface area contributed by atoms with Crippen LogP contribution in [0.15, 0.2) is 18.2 Å². The van der Waals surface area contributed by atoms with Gasteiger partial charge in [-0.25, -0.2) is 4.79 Å². The average molecular weight is 265 g/mol. The first-order chi connectivity index (χ1) is 9.08. The lowest BCUT2D eigenvalue weighted by atomic mass is 10.1. The Morgan fingerprint density at radius 2 is 2.16 bits per heavy atom. The van der Waals surface area contributed by atoms with Crippen LogP contribution in [0.3, 0.4) is 0 Å². The van der Waals surface area contributed by atoms with Crippen LogP contribution in [-0.4, -0.2) is 42.9 Å². The summed E-state index contributed by atoms with van der Waals surface area (Å²) < 4.78 is 10.4. The minimum atomic E-state index is -1.02. The van der Waals surface area contributed by atoms with Crippen molar-refractivity contribution >= 4 is 17.6 Å². The molecule has 6 nitrogen and oxygen atoms in total. The molecule has 102 valence electrons. The molecule has 1 unspecified atom stereocenters. The maximum Gasteiger partial charge on any atom is 0.336 e. The Balaban J connectivity index is 2.08. The molecule has 19 heavy (non-hydrogen) atoms. The molecule has 1 atom stereocenters. The number of rotatable bonds is 3. The number of ether oxygens (including phenoxy) is 2. The second-order valence-electron chi connectivity index (χ2n) is 4.26. The second-order valence-corrected chi connectivity index (χ2v) is 4.26. The maximum atomic E-state index is 11.9. The highest BCUT2D eigenvalue weighted by molar-refractivity contribution is 5.96. The van der Waals surface area contributed by atoms with Crippen molar-refractivity contribution < 1.29 is 24.2 Å². The highest BCUT2D eigenvalue weighted by atomic mass is 16.6. The zero-order valence-corrected chi connectivity index (χ0v) is 10.5. The average Bonchev–Trinajstić information content (AvgIpc) is 2.41. The SMILES string of the molecule is Cc1ccc(NC(=O)C2COCCO2)cc1C(=O)O. The topological polar surface area (TPSA) is 84.9 Å². The smallest absolute Gasteiger partial charge is 0.336 e. The van der Waals surface area contributed by atoms with Gasteiger partial charge >= 0.3 is 5.97 Å². The van der Waals surface area contributed by atoms with Crippen molar-refractivity contribution in [1.82, 2.24) is 0 Å². The van der Waals surface area contributed by atoms with E-state index in [1.165, 1.54) is 6.07 Å². The highest BCUT2D eigenvalue weighted by Gasteiger charge is 2.22. The molecule has 2 rings (SSSR count). The number of anilines is 1. The fourth-order valence-electron chi connectivity index (χ4n) is 1.79. The summed E-state index contributed by atoms with van der Waals surface area (Å²) in [6, 6.07) is 4.74. The molecule has 1 aromatic rings. The number of aromatic carboxylic acids is 1. The monoisotopic (exact) mass is 265 g/mol. The molecule has 2 N–H and O–H groups in total. The lowest BCUT2D eigenvalue weighted by Gasteiger charge is -2.22. The Kier molecular flexibility index (Phi) is 4.13. The minimum Gasteiger partial charge on any atom is -0.478 e. The van der Waals surface area contributed by atoms with Crippen molar-refractivity contribution in [3.8, 4) is 0 Å². The van der Waals surface area contributed by atoms with E-state index >= 15 is 0 Å². The molecule has 6 heteroatoms. The van der Waals surface area contributed by atoms with E-state index in [1.54, 1.807) is 19.1 Å². The van der Waals surface area contributed by atoms with Crippen molar-refractivity contribution in [2.75, 3.05) is 25.1 Å². The molecule has 1 fully saturated rings. The summed E-state index contributed by atoms with van der Waals surface area (Å²) in [4.78, 5) is 22.9. The van der Waals surface area contributed by atoms with E-state index in [2.05, 4.69) is 5.32 Å². The Morgan fingerprint density at radius 1 is 1.37 bits per heavy atom.